The summed E-state index contributed by atoms with van der Waals surface area (Å²) in [4.78, 5) is 10.1. The minimum Gasteiger partial charge on any atom is -0.151 e. The van der Waals surface area contributed by atoms with Crippen LogP contribution in [0.4, 0.5) is 0 Å². The molecule has 0 spiro atoms. The van der Waals surface area contributed by atoms with E-state index in [-0.39, 0.29) is 0 Å². The number of halogens is 1. The molecule has 0 atom stereocenters. The highest BCUT2D eigenvalue weighted by Gasteiger charge is 2.30. The maximum Gasteiger partial charge on any atom is 0.0816 e. The number of rotatable bonds is 4. The largest absolute Gasteiger partial charge is 0.151 e. The molecule has 0 unspecified atom stereocenters. The van der Waals surface area contributed by atoms with E-state index < -0.39 is 0 Å². The van der Waals surface area contributed by atoms with Gasteiger partial charge in [-0.1, -0.05) is 47.0 Å². The van der Waals surface area contributed by atoms with E-state index in [0.29, 0.717) is 12.0 Å². The van der Waals surface area contributed by atoms with Gasteiger partial charge in [0.2, 0.25) is 0 Å². The van der Waals surface area contributed by atoms with Crippen molar-refractivity contribution in [3.8, 4) is 0 Å². The molecule has 1 rings (SSSR count). The smallest absolute Gasteiger partial charge is 0.0816 e. The van der Waals surface area contributed by atoms with Crippen LogP contribution in [0.3, 0.4) is 0 Å². The van der Waals surface area contributed by atoms with Gasteiger partial charge in [0.25, 0.3) is 0 Å². The number of alkyl halides is 1. The van der Waals surface area contributed by atoms with Crippen molar-refractivity contribution >= 4 is 22.6 Å². The lowest BCUT2D eigenvalue weighted by molar-refractivity contribution is 0.214. The van der Waals surface area contributed by atoms with Gasteiger partial charge in [0.05, 0.1) is 6.54 Å². The van der Waals surface area contributed by atoms with Crippen LogP contribution in [0.25, 0.3) is 0 Å². The Bertz CT molecular complexity index is 143. The van der Waals surface area contributed by atoms with E-state index in [2.05, 4.69) is 27.8 Å². The molecular formula is C9H16INO. The summed E-state index contributed by atoms with van der Waals surface area (Å²) < 4.78 is 1.19. The standard InChI is InChI=1S/C9H16INO/c10-8-9(6-7-11-12)4-2-1-3-5-9/h1-8H2. The first-order valence-corrected chi connectivity index (χ1v) is 6.21. The van der Waals surface area contributed by atoms with Gasteiger partial charge in [0, 0.05) is 4.43 Å². The fourth-order valence-electron chi connectivity index (χ4n) is 2.04. The van der Waals surface area contributed by atoms with Crippen LogP contribution in [-0.4, -0.2) is 11.0 Å². The second-order valence-electron chi connectivity index (χ2n) is 3.80. The number of nitrogens with zero attached hydrogens (tertiary/aromatic N) is 1. The van der Waals surface area contributed by atoms with Gasteiger partial charge in [-0.2, -0.15) is 4.91 Å². The van der Waals surface area contributed by atoms with E-state index in [1.807, 2.05) is 0 Å². The topological polar surface area (TPSA) is 29.4 Å². The molecule has 0 radical (unpaired) electrons. The van der Waals surface area contributed by atoms with Crippen LogP contribution in [0.2, 0.25) is 0 Å². The SMILES string of the molecule is O=NCCC1(CI)CCCCC1. The normalized spacial score (nSPS) is 22.1. The zero-order valence-corrected chi connectivity index (χ0v) is 9.55. The van der Waals surface area contributed by atoms with Gasteiger partial charge in [0.15, 0.2) is 0 Å². The molecule has 0 amide bonds. The Morgan fingerprint density at radius 3 is 2.42 bits per heavy atom. The van der Waals surface area contributed by atoms with Crippen LogP contribution in [0.1, 0.15) is 38.5 Å². The summed E-state index contributed by atoms with van der Waals surface area (Å²) in [6.07, 6.45) is 7.72. The fourth-order valence-corrected chi connectivity index (χ4v) is 3.18. The molecule has 3 heteroatoms. The predicted molar refractivity (Wildman–Crippen MR) is 59.7 cm³/mol. The average Bonchev–Trinajstić information content (AvgIpc) is 2.16. The molecule has 0 aromatic rings. The van der Waals surface area contributed by atoms with Gasteiger partial charge in [-0.3, -0.25) is 0 Å². The first-order chi connectivity index (χ1) is 5.83. The molecule has 1 aliphatic carbocycles. The van der Waals surface area contributed by atoms with Crippen LogP contribution in [0.15, 0.2) is 5.18 Å². The van der Waals surface area contributed by atoms with Crippen molar-refractivity contribution in [3.63, 3.8) is 0 Å². The van der Waals surface area contributed by atoms with Crippen LogP contribution in [-0.2, 0) is 0 Å². The second-order valence-corrected chi connectivity index (χ2v) is 4.56. The second kappa shape index (κ2) is 5.14. The van der Waals surface area contributed by atoms with Crippen molar-refractivity contribution < 1.29 is 0 Å². The van der Waals surface area contributed by atoms with E-state index in [4.69, 9.17) is 0 Å². The highest BCUT2D eigenvalue weighted by Crippen LogP contribution is 2.40. The van der Waals surface area contributed by atoms with E-state index in [1.54, 1.807) is 0 Å². The minimum absolute atomic E-state index is 0.465. The molecule has 12 heavy (non-hydrogen) atoms. The van der Waals surface area contributed by atoms with Crippen LogP contribution in [0.5, 0.6) is 0 Å². The monoisotopic (exact) mass is 281 g/mol. The van der Waals surface area contributed by atoms with Crippen LogP contribution < -0.4 is 0 Å². The molecule has 2 nitrogen and oxygen atoms in total. The molecule has 0 N–H and O–H groups in total. The Morgan fingerprint density at radius 2 is 1.92 bits per heavy atom. The minimum atomic E-state index is 0.465. The predicted octanol–water partition coefficient (Wildman–Crippen LogP) is 3.53. The number of hydrogen-bond donors (Lipinski definition) is 0. The third-order valence-electron chi connectivity index (χ3n) is 2.93. The molecule has 1 fully saturated rings. The van der Waals surface area contributed by atoms with Gasteiger partial charge in [-0.25, -0.2) is 0 Å². The summed E-state index contributed by atoms with van der Waals surface area (Å²) in [7, 11) is 0. The molecule has 0 heterocycles. The van der Waals surface area contributed by atoms with Gasteiger partial charge >= 0.3 is 0 Å². The highest BCUT2D eigenvalue weighted by atomic mass is 127. The number of nitroso groups, excluding NO2 is 1. The lowest BCUT2D eigenvalue weighted by Gasteiger charge is -2.35. The average molecular weight is 281 g/mol. The molecule has 0 bridgehead atoms. The van der Waals surface area contributed by atoms with Gasteiger partial charge in [-0.05, 0) is 24.7 Å². The highest BCUT2D eigenvalue weighted by molar-refractivity contribution is 14.1. The van der Waals surface area contributed by atoms with Crippen molar-refractivity contribution in [3.05, 3.63) is 4.91 Å². The Labute approximate surface area is 87.6 Å². The van der Waals surface area contributed by atoms with Crippen molar-refractivity contribution in [2.45, 2.75) is 38.5 Å². The molecule has 0 saturated heterocycles. The molecule has 0 aromatic heterocycles. The van der Waals surface area contributed by atoms with Crippen molar-refractivity contribution in [1.82, 2.24) is 0 Å². The van der Waals surface area contributed by atoms with Crippen molar-refractivity contribution in [1.29, 1.82) is 0 Å². The Kier molecular flexibility index (Phi) is 4.46. The maximum atomic E-state index is 10.1. The fraction of sp³-hybridized carbons (Fsp3) is 1.00. The summed E-state index contributed by atoms with van der Waals surface area (Å²) in [5.41, 5.74) is 0.465. The van der Waals surface area contributed by atoms with Crippen LogP contribution in [0, 0.1) is 10.3 Å². The maximum absolute atomic E-state index is 10.1. The zero-order valence-electron chi connectivity index (χ0n) is 7.39. The lowest BCUT2D eigenvalue weighted by atomic mass is 9.73. The molecular weight excluding hydrogens is 265 g/mol. The third-order valence-corrected chi connectivity index (χ3v) is 4.55. The molecule has 1 saturated carbocycles. The van der Waals surface area contributed by atoms with Crippen molar-refractivity contribution in [2.75, 3.05) is 11.0 Å². The first kappa shape index (κ1) is 10.4. The molecule has 1 aliphatic rings. The molecule has 70 valence electrons. The summed E-state index contributed by atoms with van der Waals surface area (Å²) in [5, 5.41) is 2.97. The molecule has 0 aromatic carbocycles. The van der Waals surface area contributed by atoms with Crippen molar-refractivity contribution in [2.24, 2.45) is 10.6 Å². The third kappa shape index (κ3) is 2.68. The van der Waals surface area contributed by atoms with E-state index in [1.165, 1.54) is 36.5 Å². The quantitative estimate of drug-likeness (QED) is 0.440. The first-order valence-electron chi connectivity index (χ1n) is 4.68. The Balaban J connectivity index is 2.41. The van der Waals surface area contributed by atoms with E-state index in [9.17, 15) is 4.91 Å². The number of hydrogen-bond acceptors (Lipinski definition) is 2. The van der Waals surface area contributed by atoms with E-state index >= 15 is 0 Å². The van der Waals surface area contributed by atoms with E-state index in [0.717, 1.165) is 6.42 Å². The molecule has 0 aliphatic heterocycles. The summed E-state index contributed by atoms with van der Waals surface area (Å²) >= 11 is 2.46. The Morgan fingerprint density at radius 1 is 1.25 bits per heavy atom. The van der Waals surface area contributed by atoms with Gasteiger partial charge < -0.3 is 0 Å². The summed E-state index contributed by atoms with van der Waals surface area (Å²) in [6, 6.07) is 0. The lowest BCUT2D eigenvalue weighted by Crippen LogP contribution is -2.26. The van der Waals surface area contributed by atoms with Gasteiger partial charge in [0.1, 0.15) is 0 Å². The zero-order chi connectivity index (χ0) is 8.86. The van der Waals surface area contributed by atoms with Gasteiger partial charge in [-0.15, -0.1) is 0 Å². The summed E-state index contributed by atoms with van der Waals surface area (Å²) in [6.45, 7) is 0.517. The Hall–Kier alpha value is 0.330. The summed E-state index contributed by atoms with van der Waals surface area (Å²) in [5.74, 6) is 0. The van der Waals surface area contributed by atoms with Crippen LogP contribution >= 0.6 is 22.6 Å².